The van der Waals surface area contributed by atoms with E-state index in [9.17, 15) is 0 Å². The fourth-order valence-corrected chi connectivity index (χ4v) is 1.68. The Hall–Kier alpha value is -1.09. The lowest BCUT2D eigenvalue weighted by molar-refractivity contribution is 0.248. The zero-order valence-corrected chi connectivity index (χ0v) is 10.5. The fourth-order valence-electron chi connectivity index (χ4n) is 1.68. The van der Waals surface area contributed by atoms with Gasteiger partial charge in [0, 0.05) is 18.3 Å². The second kappa shape index (κ2) is 7.23. The van der Waals surface area contributed by atoms with Crippen LogP contribution in [0.2, 0.25) is 0 Å². The van der Waals surface area contributed by atoms with Crippen LogP contribution in [-0.2, 0) is 6.54 Å². The number of ether oxygens (including phenoxy) is 1. The van der Waals surface area contributed by atoms with Gasteiger partial charge in [-0.3, -0.25) is 4.98 Å². The molecule has 1 atom stereocenters. The van der Waals surface area contributed by atoms with Gasteiger partial charge in [0.05, 0.1) is 12.8 Å². The SMILES string of the molecule is CCCC(C)COc1cnccc1CNC. The third-order valence-electron chi connectivity index (χ3n) is 2.54. The zero-order valence-electron chi connectivity index (χ0n) is 10.5. The maximum atomic E-state index is 5.80. The predicted octanol–water partition coefficient (Wildman–Crippen LogP) is 2.62. The van der Waals surface area contributed by atoms with Crippen LogP contribution in [0.25, 0.3) is 0 Å². The lowest BCUT2D eigenvalue weighted by Crippen LogP contribution is -2.12. The second-order valence-electron chi connectivity index (χ2n) is 4.22. The minimum absolute atomic E-state index is 0.604. The molecule has 0 spiro atoms. The number of rotatable bonds is 7. The second-order valence-corrected chi connectivity index (χ2v) is 4.22. The molecule has 0 aliphatic carbocycles. The fraction of sp³-hybridized carbons (Fsp3) is 0.615. The summed E-state index contributed by atoms with van der Waals surface area (Å²) in [5, 5.41) is 3.13. The molecule has 1 aromatic rings. The molecule has 3 heteroatoms. The number of aromatic nitrogens is 1. The number of pyridine rings is 1. The average Bonchev–Trinajstić information content (AvgIpc) is 2.29. The minimum Gasteiger partial charge on any atom is -0.491 e. The minimum atomic E-state index is 0.604. The largest absolute Gasteiger partial charge is 0.491 e. The van der Waals surface area contributed by atoms with Gasteiger partial charge in [0.1, 0.15) is 5.75 Å². The van der Waals surface area contributed by atoms with Crippen molar-refractivity contribution in [3.05, 3.63) is 24.0 Å². The number of hydrogen-bond donors (Lipinski definition) is 1. The highest BCUT2D eigenvalue weighted by Crippen LogP contribution is 2.17. The Morgan fingerprint density at radius 3 is 3.00 bits per heavy atom. The van der Waals surface area contributed by atoms with Crippen molar-refractivity contribution in [2.45, 2.75) is 33.2 Å². The molecule has 1 aromatic heterocycles. The summed E-state index contributed by atoms with van der Waals surface area (Å²) in [6, 6.07) is 2.00. The van der Waals surface area contributed by atoms with Crippen molar-refractivity contribution in [2.75, 3.05) is 13.7 Å². The van der Waals surface area contributed by atoms with E-state index >= 15 is 0 Å². The van der Waals surface area contributed by atoms with Crippen molar-refractivity contribution in [3.63, 3.8) is 0 Å². The highest BCUT2D eigenvalue weighted by atomic mass is 16.5. The van der Waals surface area contributed by atoms with Crippen molar-refractivity contribution in [3.8, 4) is 5.75 Å². The Bertz CT molecular complexity index is 302. The first kappa shape index (κ1) is 13.0. The van der Waals surface area contributed by atoms with E-state index in [-0.39, 0.29) is 0 Å². The third-order valence-corrected chi connectivity index (χ3v) is 2.54. The molecule has 0 bridgehead atoms. The first-order chi connectivity index (χ1) is 7.77. The first-order valence-corrected chi connectivity index (χ1v) is 5.98. The summed E-state index contributed by atoms with van der Waals surface area (Å²) < 4.78 is 5.80. The van der Waals surface area contributed by atoms with Gasteiger partial charge >= 0.3 is 0 Å². The van der Waals surface area contributed by atoms with E-state index in [2.05, 4.69) is 24.1 Å². The molecule has 0 saturated heterocycles. The average molecular weight is 222 g/mol. The quantitative estimate of drug-likeness (QED) is 0.770. The maximum Gasteiger partial charge on any atom is 0.142 e. The molecule has 0 amide bonds. The van der Waals surface area contributed by atoms with Gasteiger partial charge in [-0.25, -0.2) is 0 Å². The summed E-state index contributed by atoms with van der Waals surface area (Å²) in [5.41, 5.74) is 1.17. The van der Waals surface area contributed by atoms with Crippen molar-refractivity contribution in [1.29, 1.82) is 0 Å². The summed E-state index contributed by atoms with van der Waals surface area (Å²) in [5.74, 6) is 1.51. The molecule has 1 heterocycles. The summed E-state index contributed by atoms with van der Waals surface area (Å²) in [7, 11) is 1.93. The predicted molar refractivity (Wildman–Crippen MR) is 66.6 cm³/mol. The Kier molecular flexibility index (Phi) is 5.86. The van der Waals surface area contributed by atoms with Crippen LogP contribution in [0.3, 0.4) is 0 Å². The van der Waals surface area contributed by atoms with E-state index in [1.54, 1.807) is 12.4 Å². The van der Waals surface area contributed by atoms with Gasteiger partial charge in [-0.2, -0.15) is 0 Å². The van der Waals surface area contributed by atoms with Crippen LogP contribution in [0.15, 0.2) is 18.5 Å². The molecule has 0 aromatic carbocycles. The molecule has 3 nitrogen and oxygen atoms in total. The van der Waals surface area contributed by atoms with Crippen LogP contribution in [0, 0.1) is 5.92 Å². The lowest BCUT2D eigenvalue weighted by atomic mass is 10.1. The number of nitrogens with one attached hydrogen (secondary N) is 1. The van der Waals surface area contributed by atoms with E-state index in [1.807, 2.05) is 13.1 Å². The van der Waals surface area contributed by atoms with Crippen LogP contribution in [-0.4, -0.2) is 18.6 Å². The van der Waals surface area contributed by atoms with E-state index in [0.717, 1.165) is 18.9 Å². The van der Waals surface area contributed by atoms with E-state index < -0.39 is 0 Å². The van der Waals surface area contributed by atoms with Crippen molar-refractivity contribution < 1.29 is 4.74 Å². The monoisotopic (exact) mass is 222 g/mol. The Labute approximate surface area is 98.2 Å². The van der Waals surface area contributed by atoms with Crippen molar-refractivity contribution in [2.24, 2.45) is 5.92 Å². The molecule has 1 unspecified atom stereocenters. The summed E-state index contributed by atoms with van der Waals surface area (Å²) >= 11 is 0. The highest BCUT2D eigenvalue weighted by molar-refractivity contribution is 5.29. The zero-order chi connectivity index (χ0) is 11.8. The van der Waals surface area contributed by atoms with Crippen molar-refractivity contribution >= 4 is 0 Å². The van der Waals surface area contributed by atoms with Gasteiger partial charge in [-0.05, 0) is 25.5 Å². The van der Waals surface area contributed by atoms with Crippen LogP contribution < -0.4 is 10.1 Å². The van der Waals surface area contributed by atoms with Crippen LogP contribution >= 0.6 is 0 Å². The Morgan fingerprint density at radius 1 is 1.50 bits per heavy atom. The summed E-state index contributed by atoms with van der Waals surface area (Å²) in [6.07, 6.45) is 6.02. The van der Waals surface area contributed by atoms with Crippen molar-refractivity contribution in [1.82, 2.24) is 10.3 Å². The maximum absolute atomic E-state index is 5.80. The van der Waals surface area contributed by atoms with Gasteiger partial charge in [-0.1, -0.05) is 20.3 Å². The summed E-state index contributed by atoms with van der Waals surface area (Å²) in [6.45, 7) is 6.01. The molecule has 1 N–H and O–H groups in total. The van der Waals surface area contributed by atoms with E-state index in [4.69, 9.17) is 4.74 Å². The number of nitrogens with zero attached hydrogens (tertiary/aromatic N) is 1. The standard InChI is InChI=1S/C13H22N2O/c1-4-5-11(2)10-16-13-9-15-7-6-12(13)8-14-3/h6-7,9,11,14H,4-5,8,10H2,1-3H3. The topological polar surface area (TPSA) is 34.1 Å². The van der Waals surface area contributed by atoms with Gasteiger partial charge in [0.2, 0.25) is 0 Å². The molecular weight excluding hydrogens is 200 g/mol. The van der Waals surface area contributed by atoms with Crippen LogP contribution in [0.1, 0.15) is 32.3 Å². The summed E-state index contributed by atoms with van der Waals surface area (Å²) in [4.78, 5) is 4.10. The Balaban J connectivity index is 2.52. The van der Waals surface area contributed by atoms with Gasteiger partial charge < -0.3 is 10.1 Å². The van der Waals surface area contributed by atoms with E-state index in [0.29, 0.717) is 5.92 Å². The van der Waals surface area contributed by atoms with Crippen LogP contribution in [0.4, 0.5) is 0 Å². The van der Waals surface area contributed by atoms with Gasteiger partial charge in [-0.15, -0.1) is 0 Å². The molecule has 1 rings (SSSR count). The molecule has 0 radical (unpaired) electrons. The molecule has 0 saturated carbocycles. The third kappa shape index (κ3) is 4.19. The molecule has 90 valence electrons. The normalized spacial score (nSPS) is 12.4. The molecular formula is C13H22N2O. The van der Waals surface area contributed by atoms with Crippen LogP contribution in [0.5, 0.6) is 5.75 Å². The molecule has 0 fully saturated rings. The molecule has 0 aliphatic rings. The molecule has 0 aliphatic heterocycles. The first-order valence-electron chi connectivity index (χ1n) is 5.98. The van der Waals surface area contributed by atoms with E-state index in [1.165, 1.54) is 18.4 Å². The van der Waals surface area contributed by atoms with Gasteiger partial charge in [0.15, 0.2) is 0 Å². The van der Waals surface area contributed by atoms with Gasteiger partial charge in [0.25, 0.3) is 0 Å². The molecule has 16 heavy (non-hydrogen) atoms. The Morgan fingerprint density at radius 2 is 2.31 bits per heavy atom. The highest BCUT2D eigenvalue weighted by Gasteiger charge is 2.05. The number of hydrogen-bond acceptors (Lipinski definition) is 3. The smallest absolute Gasteiger partial charge is 0.142 e. The lowest BCUT2D eigenvalue weighted by Gasteiger charge is -2.14.